The first-order chi connectivity index (χ1) is 9.99. The van der Waals surface area contributed by atoms with Crippen molar-refractivity contribution < 1.29 is 19.4 Å². The highest BCUT2D eigenvalue weighted by molar-refractivity contribution is 6.32. The number of hydrogen-bond acceptors (Lipinski definition) is 4. The molecule has 0 bridgehead atoms. The summed E-state index contributed by atoms with van der Waals surface area (Å²) in [6.45, 7) is -0.148. The van der Waals surface area contributed by atoms with Gasteiger partial charge in [0.25, 0.3) is 5.91 Å². The lowest BCUT2D eigenvalue weighted by atomic mass is 10.1. The standard InChI is InChI=1S/C15H16ClNO4/c1-17(10-14(19)21-2)15(20)12-7-6-11(13(16)9-12)5-3-4-8-18/h6-7,9,18H,4,8,10H2,1-2H3. The summed E-state index contributed by atoms with van der Waals surface area (Å²) < 4.78 is 4.51. The summed E-state index contributed by atoms with van der Waals surface area (Å²) in [6, 6.07) is 4.72. The van der Waals surface area contributed by atoms with Crippen molar-refractivity contribution in [1.29, 1.82) is 0 Å². The molecular weight excluding hydrogens is 294 g/mol. The van der Waals surface area contributed by atoms with Gasteiger partial charge in [0.2, 0.25) is 0 Å². The zero-order valence-corrected chi connectivity index (χ0v) is 12.6. The summed E-state index contributed by atoms with van der Waals surface area (Å²) in [4.78, 5) is 24.5. The molecule has 0 aliphatic heterocycles. The van der Waals surface area contributed by atoms with Gasteiger partial charge >= 0.3 is 5.97 Å². The molecule has 1 amide bonds. The Kier molecular flexibility index (Phi) is 6.73. The molecule has 0 saturated carbocycles. The number of amides is 1. The number of rotatable bonds is 4. The second-order valence-electron chi connectivity index (χ2n) is 4.21. The van der Waals surface area contributed by atoms with Gasteiger partial charge in [-0.05, 0) is 18.2 Å². The van der Waals surface area contributed by atoms with Gasteiger partial charge in [-0.3, -0.25) is 9.59 Å². The Morgan fingerprint density at radius 2 is 2.14 bits per heavy atom. The summed E-state index contributed by atoms with van der Waals surface area (Å²) in [7, 11) is 2.76. The van der Waals surface area contributed by atoms with E-state index in [1.807, 2.05) is 0 Å². The van der Waals surface area contributed by atoms with Crippen LogP contribution in [0, 0.1) is 11.8 Å². The van der Waals surface area contributed by atoms with Gasteiger partial charge in [-0.25, -0.2) is 0 Å². The lowest BCUT2D eigenvalue weighted by Crippen LogP contribution is -2.32. The molecule has 1 aromatic carbocycles. The SMILES string of the molecule is COC(=O)CN(C)C(=O)c1ccc(C#CCCO)c(Cl)c1. The molecule has 0 radical (unpaired) electrons. The lowest BCUT2D eigenvalue weighted by molar-refractivity contribution is -0.141. The van der Waals surface area contributed by atoms with Gasteiger partial charge in [-0.2, -0.15) is 0 Å². The van der Waals surface area contributed by atoms with Gasteiger partial charge < -0.3 is 14.7 Å². The predicted octanol–water partition coefficient (Wildman–Crippen LogP) is 1.32. The number of halogens is 1. The second-order valence-corrected chi connectivity index (χ2v) is 4.61. The number of aliphatic hydroxyl groups excluding tert-OH is 1. The Morgan fingerprint density at radius 1 is 1.43 bits per heavy atom. The van der Waals surface area contributed by atoms with E-state index in [4.69, 9.17) is 16.7 Å². The summed E-state index contributed by atoms with van der Waals surface area (Å²) >= 11 is 6.06. The van der Waals surface area contributed by atoms with Crippen molar-refractivity contribution in [3.63, 3.8) is 0 Å². The molecule has 0 aromatic heterocycles. The van der Waals surface area contributed by atoms with E-state index in [0.29, 0.717) is 22.6 Å². The highest BCUT2D eigenvalue weighted by Gasteiger charge is 2.16. The molecule has 0 spiro atoms. The van der Waals surface area contributed by atoms with Crippen LogP contribution in [0.25, 0.3) is 0 Å². The molecule has 1 N–H and O–H groups in total. The zero-order valence-electron chi connectivity index (χ0n) is 11.9. The molecule has 5 nitrogen and oxygen atoms in total. The Balaban J connectivity index is 2.86. The van der Waals surface area contributed by atoms with E-state index < -0.39 is 5.97 Å². The number of hydrogen-bond donors (Lipinski definition) is 1. The molecule has 112 valence electrons. The molecule has 21 heavy (non-hydrogen) atoms. The van der Waals surface area contributed by atoms with Gasteiger partial charge in [0, 0.05) is 24.6 Å². The fourth-order valence-electron chi connectivity index (χ4n) is 1.51. The quantitative estimate of drug-likeness (QED) is 0.673. The Bertz CT molecular complexity index is 589. The Morgan fingerprint density at radius 3 is 2.71 bits per heavy atom. The molecule has 0 atom stereocenters. The number of ether oxygens (including phenoxy) is 1. The number of esters is 1. The number of benzene rings is 1. The minimum atomic E-state index is -0.497. The third-order valence-electron chi connectivity index (χ3n) is 2.62. The average Bonchev–Trinajstić information content (AvgIpc) is 2.48. The van der Waals surface area contributed by atoms with Crippen LogP contribution in [0.2, 0.25) is 5.02 Å². The smallest absolute Gasteiger partial charge is 0.325 e. The third-order valence-corrected chi connectivity index (χ3v) is 2.93. The van der Waals surface area contributed by atoms with Crippen LogP contribution in [-0.2, 0) is 9.53 Å². The van der Waals surface area contributed by atoms with Crippen molar-refractivity contribution >= 4 is 23.5 Å². The number of carbonyl (C=O) groups excluding carboxylic acids is 2. The van der Waals surface area contributed by atoms with Gasteiger partial charge in [0.05, 0.1) is 18.7 Å². The molecule has 0 heterocycles. The fourth-order valence-corrected chi connectivity index (χ4v) is 1.74. The molecule has 1 aromatic rings. The number of nitrogens with zero attached hydrogens (tertiary/aromatic N) is 1. The zero-order chi connectivity index (χ0) is 15.8. The first-order valence-corrected chi connectivity index (χ1v) is 6.59. The van der Waals surface area contributed by atoms with Crippen molar-refractivity contribution in [2.45, 2.75) is 6.42 Å². The summed E-state index contributed by atoms with van der Waals surface area (Å²) in [5, 5.41) is 9.01. The Labute approximate surface area is 128 Å². The first-order valence-electron chi connectivity index (χ1n) is 6.21. The molecule has 0 saturated heterocycles. The maximum atomic E-state index is 12.1. The lowest BCUT2D eigenvalue weighted by Gasteiger charge is -2.15. The number of carbonyl (C=O) groups is 2. The van der Waals surface area contributed by atoms with Crippen LogP contribution in [0.1, 0.15) is 22.3 Å². The van der Waals surface area contributed by atoms with Crippen molar-refractivity contribution in [1.82, 2.24) is 4.90 Å². The molecule has 0 aliphatic carbocycles. The Hall–Kier alpha value is -2.03. The van der Waals surface area contributed by atoms with Gasteiger partial charge in [0.1, 0.15) is 6.54 Å². The maximum Gasteiger partial charge on any atom is 0.325 e. The summed E-state index contributed by atoms with van der Waals surface area (Å²) in [6.07, 6.45) is 0.360. The fraction of sp³-hybridized carbons (Fsp3) is 0.333. The number of aliphatic hydroxyl groups is 1. The minimum Gasteiger partial charge on any atom is -0.468 e. The van der Waals surface area contributed by atoms with Crippen LogP contribution >= 0.6 is 11.6 Å². The van der Waals surface area contributed by atoms with Crippen molar-refractivity contribution in [3.8, 4) is 11.8 Å². The second kappa shape index (κ2) is 8.30. The molecule has 0 aliphatic rings. The van der Waals surface area contributed by atoms with Crippen LogP contribution in [0.3, 0.4) is 0 Å². The van der Waals surface area contributed by atoms with Crippen molar-refractivity contribution in [2.75, 3.05) is 27.3 Å². The highest BCUT2D eigenvalue weighted by Crippen LogP contribution is 2.18. The highest BCUT2D eigenvalue weighted by atomic mass is 35.5. The maximum absolute atomic E-state index is 12.1. The van der Waals surface area contributed by atoms with Crippen LogP contribution in [0.15, 0.2) is 18.2 Å². The van der Waals surface area contributed by atoms with Crippen molar-refractivity contribution in [2.24, 2.45) is 0 Å². The van der Waals surface area contributed by atoms with Gasteiger partial charge in [-0.15, -0.1) is 0 Å². The number of likely N-dealkylation sites (N-methyl/N-ethyl adjacent to an activating group) is 1. The van der Waals surface area contributed by atoms with E-state index in [-0.39, 0.29) is 19.1 Å². The molecule has 0 unspecified atom stereocenters. The summed E-state index contributed by atoms with van der Waals surface area (Å²) in [5.41, 5.74) is 0.941. The van der Waals surface area contributed by atoms with E-state index in [1.165, 1.54) is 25.1 Å². The topological polar surface area (TPSA) is 66.8 Å². The molecular formula is C15H16ClNO4. The minimum absolute atomic E-state index is 0.0144. The summed E-state index contributed by atoms with van der Waals surface area (Å²) in [5.74, 6) is 4.73. The van der Waals surface area contributed by atoms with E-state index >= 15 is 0 Å². The predicted molar refractivity (Wildman–Crippen MR) is 79.0 cm³/mol. The average molecular weight is 310 g/mol. The van der Waals surface area contributed by atoms with E-state index in [0.717, 1.165) is 0 Å². The molecule has 6 heteroatoms. The largest absolute Gasteiger partial charge is 0.468 e. The van der Waals surface area contributed by atoms with Crippen molar-refractivity contribution in [3.05, 3.63) is 34.3 Å². The van der Waals surface area contributed by atoms with E-state index in [2.05, 4.69) is 16.6 Å². The molecule has 1 rings (SSSR count). The van der Waals surface area contributed by atoms with E-state index in [9.17, 15) is 9.59 Å². The third kappa shape index (κ3) is 5.10. The first kappa shape index (κ1) is 17.0. The van der Waals surface area contributed by atoms with Gasteiger partial charge in [0.15, 0.2) is 0 Å². The van der Waals surface area contributed by atoms with Gasteiger partial charge in [-0.1, -0.05) is 23.4 Å². The van der Waals surface area contributed by atoms with Crippen LogP contribution in [0.4, 0.5) is 0 Å². The van der Waals surface area contributed by atoms with Crippen LogP contribution in [0.5, 0.6) is 0 Å². The van der Waals surface area contributed by atoms with Crippen LogP contribution < -0.4 is 0 Å². The van der Waals surface area contributed by atoms with Crippen LogP contribution in [-0.4, -0.2) is 49.2 Å². The molecule has 0 fully saturated rings. The number of methoxy groups -OCH3 is 1. The van der Waals surface area contributed by atoms with E-state index in [1.54, 1.807) is 12.1 Å². The monoisotopic (exact) mass is 309 g/mol. The normalized spacial score (nSPS) is 9.52.